The van der Waals surface area contributed by atoms with E-state index >= 15 is 0 Å². The summed E-state index contributed by atoms with van der Waals surface area (Å²) in [5, 5.41) is 3.08. The second kappa shape index (κ2) is 6.44. The molecule has 3 rings (SSSR count). The Kier molecular flexibility index (Phi) is 4.19. The van der Waals surface area contributed by atoms with E-state index in [-0.39, 0.29) is 5.69 Å². The molecule has 1 aromatic carbocycles. The summed E-state index contributed by atoms with van der Waals surface area (Å²) in [5.74, 6) is -0.544. The molecule has 4 nitrogen and oxygen atoms in total. The van der Waals surface area contributed by atoms with Crippen LogP contribution in [0.5, 0.6) is 0 Å². The van der Waals surface area contributed by atoms with Crippen molar-refractivity contribution in [2.45, 2.75) is 13.0 Å². The quantitative estimate of drug-likeness (QED) is 0.669. The fourth-order valence-corrected chi connectivity index (χ4v) is 2.51. The van der Waals surface area contributed by atoms with Gasteiger partial charge in [0, 0.05) is 29.7 Å². The predicted molar refractivity (Wildman–Crippen MR) is 86.2 cm³/mol. The highest BCUT2D eigenvalue weighted by Gasteiger charge is 2.23. The maximum absolute atomic E-state index is 15.0. The van der Waals surface area contributed by atoms with Gasteiger partial charge >= 0.3 is 0 Å². The van der Waals surface area contributed by atoms with Crippen LogP contribution in [-0.4, -0.2) is 9.97 Å². The molecule has 1 unspecified atom stereocenters. The third kappa shape index (κ3) is 2.85. The maximum atomic E-state index is 15.0. The first-order valence-electron chi connectivity index (χ1n) is 7.15. The van der Waals surface area contributed by atoms with E-state index < -0.39 is 11.9 Å². The first-order valence-corrected chi connectivity index (χ1v) is 7.15. The molecule has 0 radical (unpaired) electrons. The number of rotatable bonds is 4. The van der Waals surface area contributed by atoms with Crippen molar-refractivity contribution in [1.82, 2.24) is 9.97 Å². The molecule has 0 aliphatic carbocycles. The molecule has 3 aromatic rings. The maximum Gasteiger partial charge on any atom is 0.162 e. The van der Waals surface area contributed by atoms with Gasteiger partial charge in [-0.1, -0.05) is 35.5 Å². The lowest BCUT2D eigenvalue weighted by molar-refractivity contribution is 0.589. The lowest BCUT2D eigenvalue weighted by Crippen LogP contribution is -2.05. The number of nitrogens with zero attached hydrogens (tertiary/aromatic N) is 3. The molecule has 1 atom stereocenters. The van der Waals surface area contributed by atoms with Gasteiger partial charge in [0.1, 0.15) is 5.69 Å². The lowest BCUT2D eigenvalue weighted by atomic mass is 9.98. The van der Waals surface area contributed by atoms with Crippen molar-refractivity contribution in [2.75, 3.05) is 0 Å². The lowest BCUT2D eigenvalue weighted by Gasteiger charge is -2.13. The van der Waals surface area contributed by atoms with Crippen LogP contribution in [0.3, 0.4) is 0 Å². The average molecular weight is 307 g/mol. The summed E-state index contributed by atoms with van der Waals surface area (Å²) in [6, 6.07) is 11.3. The van der Waals surface area contributed by atoms with Gasteiger partial charge < -0.3 is 0 Å². The topological polar surface area (TPSA) is 55.2 Å². The second-order valence-electron chi connectivity index (χ2n) is 5.17. The van der Waals surface area contributed by atoms with Crippen LogP contribution in [0.25, 0.3) is 11.1 Å². The smallest absolute Gasteiger partial charge is 0.162 e. The highest BCUT2D eigenvalue weighted by Crippen LogP contribution is 2.32. The number of nitroso groups, excluding NO2 is 1. The van der Waals surface area contributed by atoms with E-state index in [1.54, 1.807) is 42.7 Å². The Morgan fingerprint density at radius 2 is 1.83 bits per heavy atom. The Bertz CT molecular complexity index is 837. The molecule has 0 aliphatic rings. The van der Waals surface area contributed by atoms with Crippen LogP contribution in [0, 0.1) is 17.6 Å². The number of halogens is 1. The first kappa shape index (κ1) is 15.0. The molecule has 0 N–H and O–H groups in total. The summed E-state index contributed by atoms with van der Waals surface area (Å²) in [7, 11) is 0. The van der Waals surface area contributed by atoms with Gasteiger partial charge in [0.15, 0.2) is 11.9 Å². The van der Waals surface area contributed by atoms with E-state index in [1.165, 1.54) is 6.20 Å². The fourth-order valence-electron chi connectivity index (χ4n) is 2.51. The molecular formula is C18H14FN3O. The molecule has 0 bridgehead atoms. The number of aromatic nitrogens is 2. The minimum atomic E-state index is -0.979. The van der Waals surface area contributed by atoms with Crippen LogP contribution in [0.2, 0.25) is 0 Å². The zero-order valence-corrected chi connectivity index (χ0v) is 12.5. The minimum absolute atomic E-state index is 0.0203. The summed E-state index contributed by atoms with van der Waals surface area (Å²) < 4.78 is 15.0. The molecule has 2 aromatic heterocycles. The minimum Gasteiger partial charge on any atom is -0.264 e. The van der Waals surface area contributed by atoms with Gasteiger partial charge in [-0.15, -0.1) is 4.91 Å². The summed E-state index contributed by atoms with van der Waals surface area (Å²) in [6.07, 6.45) is 4.74. The summed E-state index contributed by atoms with van der Waals surface area (Å²) >= 11 is 0. The molecule has 23 heavy (non-hydrogen) atoms. The third-order valence-corrected chi connectivity index (χ3v) is 3.73. The van der Waals surface area contributed by atoms with Crippen molar-refractivity contribution in [3.05, 3.63) is 88.6 Å². The fraction of sp³-hybridized carbons (Fsp3) is 0.111. The first-order chi connectivity index (χ1) is 11.2. The highest BCUT2D eigenvalue weighted by atomic mass is 19.1. The number of hydrogen-bond acceptors (Lipinski definition) is 4. The van der Waals surface area contributed by atoms with E-state index in [0.29, 0.717) is 16.7 Å². The van der Waals surface area contributed by atoms with Gasteiger partial charge in [-0.05, 0) is 30.2 Å². The van der Waals surface area contributed by atoms with Crippen molar-refractivity contribution >= 4 is 0 Å². The van der Waals surface area contributed by atoms with E-state index in [4.69, 9.17) is 0 Å². The van der Waals surface area contributed by atoms with Gasteiger partial charge in [0.25, 0.3) is 0 Å². The van der Waals surface area contributed by atoms with Gasteiger partial charge in [-0.2, -0.15) is 0 Å². The molecule has 0 fully saturated rings. The summed E-state index contributed by atoms with van der Waals surface area (Å²) in [5.41, 5.74) is 2.56. The van der Waals surface area contributed by atoms with Crippen LogP contribution in [0.1, 0.15) is 22.9 Å². The SMILES string of the molecule is Cc1ccncc1-c1ccnc(C(N=O)c2ccccc2)c1F. The normalized spacial score (nSPS) is 11.9. The monoisotopic (exact) mass is 307 g/mol. The van der Waals surface area contributed by atoms with Crippen LogP contribution in [-0.2, 0) is 0 Å². The standard InChI is InChI=1S/C18H14FN3O/c1-12-7-9-20-11-15(12)14-8-10-21-18(16(14)19)17(22-23)13-5-3-2-4-6-13/h2-11,17H,1H3. The second-order valence-corrected chi connectivity index (χ2v) is 5.17. The van der Waals surface area contributed by atoms with Crippen molar-refractivity contribution in [3.63, 3.8) is 0 Å². The van der Waals surface area contributed by atoms with Crippen molar-refractivity contribution in [1.29, 1.82) is 0 Å². The third-order valence-electron chi connectivity index (χ3n) is 3.73. The van der Waals surface area contributed by atoms with Gasteiger partial charge in [-0.3, -0.25) is 9.97 Å². The van der Waals surface area contributed by atoms with Crippen LogP contribution in [0.15, 0.2) is 66.2 Å². The Morgan fingerprint density at radius 3 is 2.52 bits per heavy atom. The number of hydrogen-bond donors (Lipinski definition) is 0. The largest absolute Gasteiger partial charge is 0.264 e. The van der Waals surface area contributed by atoms with Crippen LogP contribution in [0.4, 0.5) is 4.39 Å². The Balaban J connectivity index is 2.13. The molecule has 0 aliphatic heterocycles. The molecule has 0 saturated carbocycles. The zero-order chi connectivity index (χ0) is 16.2. The molecule has 0 spiro atoms. The molecule has 2 heterocycles. The van der Waals surface area contributed by atoms with E-state index in [1.807, 2.05) is 19.1 Å². The van der Waals surface area contributed by atoms with Gasteiger partial charge in [-0.25, -0.2) is 4.39 Å². The summed E-state index contributed by atoms with van der Waals surface area (Å²) in [4.78, 5) is 19.4. The predicted octanol–water partition coefficient (Wildman–Crippen LogP) is 4.45. The van der Waals surface area contributed by atoms with Crippen molar-refractivity contribution in [3.8, 4) is 11.1 Å². The summed E-state index contributed by atoms with van der Waals surface area (Å²) in [6.45, 7) is 1.88. The molecule has 114 valence electrons. The Labute approximate surface area is 133 Å². The van der Waals surface area contributed by atoms with Crippen molar-refractivity contribution in [2.24, 2.45) is 5.18 Å². The molecule has 0 amide bonds. The number of aryl methyl sites for hydroxylation is 1. The molecular weight excluding hydrogens is 293 g/mol. The Morgan fingerprint density at radius 1 is 1.04 bits per heavy atom. The number of benzene rings is 1. The van der Waals surface area contributed by atoms with E-state index in [2.05, 4.69) is 15.1 Å². The average Bonchev–Trinajstić information content (AvgIpc) is 2.59. The zero-order valence-electron chi connectivity index (χ0n) is 12.5. The van der Waals surface area contributed by atoms with Gasteiger partial charge in [0.2, 0.25) is 0 Å². The van der Waals surface area contributed by atoms with E-state index in [9.17, 15) is 9.30 Å². The van der Waals surface area contributed by atoms with E-state index in [0.717, 1.165) is 5.56 Å². The van der Waals surface area contributed by atoms with Crippen molar-refractivity contribution < 1.29 is 4.39 Å². The molecule has 0 saturated heterocycles. The van der Waals surface area contributed by atoms with Gasteiger partial charge in [0.05, 0.1) is 0 Å². The molecule has 5 heteroatoms. The number of pyridine rings is 2. The van der Waals surface area contributed by atoms with Crippen LogP contribution >= 0.6 is 0 Å². The highest BCUT2D eigenvalue weighted by molar-refractivity contribution is 5.67. The van der Waals surface area contributed by atoms with Crippen LogP contribution < -0.4 is 0 Å². The Hall–Kier alpha value is -2.95.